The maximum atomic E-state index is 9.96. The number of nitrogens with zero attached hydrogens (tertiary/aromatic N) is 1. The molecule has 0 aliphatic heterocycles. The third-order valence-corrected chi connectivity index (χ3v) is 2.19. The SMILES string of the molecule is CN(CC(=O)O)CC(=O)O.Cc1ccc(B(O)O)cc1. The topological polar surface area (TPSA) is 118 Å². The van der Waals surface area contributed by atoms with Crippen LogP contribution in [0.15, 0.2) is 24.3 Å². The lowest BCUT2D eigenvalue weighted by Gasteiger charge is -2.08. The van der Waals surface area contributed by atoms with Crippen LogP contribution in [-0.4, -0.2) is 64.4 Å². The van der Waals surface area contributed by atoms with E-state index in [4.69, 9.17) is 20.3 Å². The number of aryl methyl sites for hydroxylation is 1. The van der Waals surface area contributed by atoms with Crippen molar-refractivity contribution in [3.05, 3.63) is 29.8 Å². The van der Waals surface area contributed by atoms with E-state index in [1.807, 2.05) is 19.1 Å². The predicted octanol–water partition coefficient (Wildman–Crippen LogP) is -1.24. The zero-order valence-electron chi connectivity index (χ0n) is 11.4. The molecule has 20 heavy (non-hydrogen) atoms. The number of benzene rings is 1. The second-order valence-corrected chi connectivity index (χ2v) is 4.24. The molecule has 0 bridgehead atoms. The zero-order chi connectivity index (χ0) is 15.7. The molecule has 110 valence electrons. The van der Waals surface area contributed by atoms with E-state index in [1.54, 1.807) is 12.1 Å². The number of carbonyl (C=O) groups is 2. The number of rotatable bonds is 5. The highest BCUT2D eigenvalue weighted by Crippen LogP contribution is 1.92. The first kappa shape index (κ1) is 18.1. The van der Waals surface area contributed by atoms with Crippen LogP contribution in [0.5, 0.6) is 0 Å². The second kappa shape index (κ2) is 9.08. The molecule has 0 fully saturated rings. The van der Waals surface area contributed by atoms with Crippen molar-refractivity contribution >= 4 is 24.5 Å². The molecule has 0 unspecified atom stereocenters. The van der Waals surface area contributed by atoms with Gasteiger partial charge in [0, 0.05) is 0 Å². The van der Waals surface area contributed by atoms with E-state index in [2.05, 4.69) is 0 Å². The van der Waals surface area contributed by atoms with Crippen LogP contribution in [0.1, 0.15) is 5.56 Å². The number of hydrogen-bond donors (Lipinski definition) is 4. The first-order chi connectivity index (χ1) is 9.22. The highest BCUT2D eigenvalue weighted by molar-refractivity contribution is 6.58. The molecular formula is C12H18BNO6. The normalized spacial score (nSPS) is 9.65. The maximum Gasteiger partial charge on any atom is 0.488 e. The first-order valence-corrected chi connectivity index (χ1v) is 5.77. The van der Waals surface area contributed by atoms with Gasteiger partial charge in [-0.2, -0.15) is 0 Å². The Labute approximate surface area is 117 Å². The van der Waals surface area contributed by atoms with Crippen LogP contribution < -0.4 is 5.46 Å². The fraction of sp³-hybridized carbons (Fsp3) is 0.333. The number of carboxylic acid groups (broad SMARTS) is 2. The molecule has 8 heteroatoms. The summed E-state index contributed by atoms with van der Waals surface area (Å²) < 4.78 is 0. The Kier molecular flexibility index (Phi) is 8.22. The van der Waals surface area contributed by atoms with Gasteiger partial charge in [0.2, 0.25) is 0 Å². The van der Waals surface area contributed by atoms with E-state index in [1.165, 1.54) is 11.9 Å². The molecule has 0 aliphatic rings. The average Bonchev–Trinajstić information content (AvgIpc) is 2.27. The molecule has 1 rings (SSSR count). The third kappa shape index (κ3) is 9.09. The van der Waals surface area contributed by atoms with Crippen molar-refractivity contribution in [1.29, 1.82) is 0 Å². The van der Waals surface area contributed by atoms with Crippen LogP contribution in [0.3, 0.4) is 0 Å². The van der Waals surface area contributed by atoms with Gasteiger partial charge in [-0.1, -0.05) is 29.8 Å². The standard InChI is InChI=1S/C7H9BO2.C5H9NO4/c1-6-2-4-7(5-3-6)8(9)10;1-6(2-4(7)8)3-5(9)10/h2-5,9-10H,1H3;2-3H2,1H3,(H,7,8)(H,9,10). The number of likely N-dealkylation sites (N-methyl/N-ethyl adjacent to an activating group) is 1. The van der Waals surface area contributed by atoms with Crippen LogP contribution in [0.2, 0.25) is 0 Å². The Hall–Kier alpha value is -1.90. The Balaban J connectivity index is 0.000000361. The Bertz CT molecular complexity index is 418. The van der Waals surface area contributed by atoms with E-state index >= 15 is 0 Å². The van der Waals surface area contributed by atoms with Crippen LogP contribution in [0.25, 0.3) is 0 Å². The van der Waals surface area contributed by atoms with Gasteiger partial charge in [-0.15, -0.1) is 0 Å². The minimum Gasteiger partial charge on any atom is -0.480 e. The van der Waals surface area contributed by atoms with Crippen molar-refractivity contribution in [2.24, 2.45) is 0 Å². The predicted molar refractivity (Wildman–Crippen MR) is 73.8 cm³/mol. The first-order valence-electron chi connectivity index (χ1n) is 5.77. The van der Waals surface area contributed by atoms with Crippen molar-refractivity contribution in [2.75, 3.05) is 20.1 Å². The zero-order valence-corrected chi connectivity index (χ0v) is 11.4. The Morgan fingerprint density at radius 3 is 1.75 bits per heavy atom. The van der Waals surface area contributed by atoms with Gasteiger partial charge < -0.3 is 20.3 Å². The van der Waals surface area contributed by atoms with Crippen molar-refractivity contribution in [3.63, 3.8) is 0 Å². The van der Waals surface area contributed by atoms with E-state index in [0.29, 0.717) is 5.46 Å². The summed E-state index contributed by atoms with van der Waals surface area (Å²) in [5.41, 5.74) is 1.65. The van der Waals surface area contributed by atoms with Crippen LogP contribution in [0.4, 0.5) is 0 Å². The molecule has 0 saturated heterocycles. The largest absolute Gasteiger partial charge is 0.488 e. The summed E-state index contributed by atoms with van der Waals surface area (Å²) in [6.07, 6.45) is 0. The lowest BCUT2D eigenvalue weighted by atomic mass is 9.80. The molecule has 7 nitrogen and oxygen atoms in total. The molecule has 0 aromatic heterocycles. The highest BCUT2D eigenvalue weighted by atomic mass is 16.4. The molecule has 1 aromatic rings. The molecule has 0 heterocycles. The summed E-state index contributed by atoms with van der Waals surface area (Å²) in [4.78, 5) is 21.1. The summed E-state index contributed by atoms with van der Waals surface area (Å²) in [5, 5.41) is 33.7. The summed E-state index contributed by atoms with van der Waals surface area (Å²) in [7, 11) is 0.0861. The fourth-order valence-corrected chi connectivity index (χ4v) is 1.26. The van der Waals surface area contributed by atoms with Crippen molar-refractivity contribution in [2.45, 2.75) is 6.92 Å². The molecule has 0 spiro atoms. The van der Waals surface area contributed by atoms with E-state index < -0.39 is 19.1 Å². The van der Waals surface area contributed by atoms with Crippen molar-refractivity contribution in [3.8, 4) is 0 Å². The van der Waals surface area contributed by atoms with Gasteiger partial charge in [0.25, 0.3) is 0 Å². The summed E-state index contributed by atoms with van der Waals surface area (Å²) in [5.74, 6) is -2.05. The van der Waals surface area contributed by atoms with E-state index in [9.17, 15) is 9.59 Å². The van der Waals surface area contributed by atoms with Crippen molar-refractivity contribution in [1.82, 2.24) is 4.90 Å². The van der Waals surface area contributed by atoms with Gasteiger partial charge in [0.1, 0.15) is 0 Å². The van der Waals surface area contributed by atoms with Gasteiger partial charge in [0.05, 0.1) is 13.1 Å². The molecule has 4 N–H and O–H groups in total. The molecule has 0 radical (unpaired) electrons. The van der Waals surface area contributed by atoms with Crippen LogP contribution in [-0.2, 0) is 9.59 Å². The number of hydrogen-bond acceptors (Lipinski definition) is 5. The molecule has 0 aliphatic carbocycles. The van der Waals surface area contributed by atoms with Gasteiger partial charge >= 0.3 is 19.1 Å². The van der Waals surface area contributed by atoms with Gasteiger partial charge in [-0.25, -0.2) is 0 Å². The third-order valence-electron chi connectivity index (χ3n) is 2.19. The fourth-order valence-electron chi connectivity index (χ4n) is 1.26. The molecule has 0 atom stereocenters. The molecule has 0 amide bonds. The molecule has 0 saturated carbocycles. The lowest BCUT2D eigenvalue weighted by Crippen LogP contribution is -2.30. The quantitative estimate of drug-likeness (QED) is 0.499. The summed E-state index contributed by atoms with van der Waals surface area (Å²) in [6.45, 7) is 1.46. The maximum absolute atomic E-state index is 9.96. The number of aliphatic carboxylic acids is 2. The molecular weight excluding hydrogens is 265 g/mol. The monoisotopic (exact) mass is 283 g/mol. The smallest absolute Gasteiger partial charge is 0.480 e. The summed E-state index contributed by atoms with van der Waals surface area (Å²) >= 11 is 0. The Morgan fingerprint density at radius 1 is 1.05 bits per heavy atom. The average molecular weight is 283 g/mol. The Morgan fingerprint density at radius 2 is 1.45 bits per heavy atom. The highest BCUT2D eigenvalue weighted by Gasteiger charge is 2.08. The van der Waals surface area contributed by atoms with Crippen LogP contribution >= 0.6 is 0 Å². The van der Waals surface area contributed by atoms with Gasteiger partial charge in [0.15, 0.2) is 0 Å². The van der Waals surface area contributed by atoms with Crippen LogP contribution in [0, 0.1) is 6.92 Å². The summed E-state index contributed by atoms with van der Waals surface area (Å²) in [6, 6.07) is 7.07. The van der Waals surface area contributed by atoms with Gasteiger partial charge in [-0.05, 0) is 19.4 Å². The lowest BCUT2D eigenvalue weighted by molar-refractivity contribution is -0.141. The number of carboxylic acids is 2. The van der Waals surface area contributed by atoms with E-state index in [0.717, 1.165) is 5.56 Å². The minimum atomic E-state index is -1.35. The molecule has 1 aromatic carbocycles. The van der Waals surface area contributed by atoms with E-state index in [-0.39, 0.29) is 13.1 Å². The van der Waals surface area contributed by atoms with Crippen molar-refractivity contribution < 1.29 is 29.9 Å². The van der Waals surface area contributed by atoms with Gasteiger partial charge in [-0.3, -0.25) is 14.5 Å². The minimum absolute atomic E-state index is 0.244. The second-order valence-electron chi connectivity index (χ2n) is 4.24.